The summed E-state index contributed by atoms with van der Waals surface area (Å²) in [5, 5.41) is 6.89. The number of carbonyl (C=O) groups is 1. The molecular weight excluding hydrogens is 251 g/mol. The molecular formula is CH4O2Pb. The van der Waals surface area contributed by atoms with Gasteiger partial charge in [0.15, 0.2) is 0 Å². The third-order valence-corrected chi connectivity index (χ3v) is 0. The van der Waals surface area contributed by atoms with Gasteiger partial charge >= 0.3 is 27.3 Å². The standard InChI is InChI=1S/CH2O2.Pb.2H/c2-1-3;;;/h1H,(H,2,3);;;. The van der Waals surface area contributed by atoms with Crippen LogP contribution in [-0.4, -0.2) is 38.9 Å². The molecule has 0 heterocycles. The van der Waals surface area contributed by atoms with Crippen molar-refractivity contribution in [3.8, 4) is 0 Å². The molecule has 4 heavy (non-hydrogen) atoms. The number of hydrogen-bond acceptors (Lipinski definition) is 1. The Labute approximate surface area is 44.0 Å². The van der Waals surface area contributed by atoms with E-state index < -0.39 is 0 Å². The quantitative estimate of drug-likeness (QED) is 0.435. The molecule has 2 nitrogen and oxygen atoms in total. The third-order valence-electron chi connectivity index (χ3n) is 0. The van der Waals surface area contributed by atoms with E-state index in [1.807, 2.05) is 0 Å². The summed E-state index contributed by atoms with van der Waals surface area (Å²) in [7, 11) is 0. The molecule has 0 aliphatic heterocycles. The molecule has 0 bridgehead atoms. The number of rotatable bonds is 0. The van der Waals surface area contributed by atoms with Gasteiger partial charge in [-0.2, -0.15) is 0 Å². The zero-order valence-electron chi connectivity index (χ0n) is 2.14. The van der Waals surface area contributed by atoms with E-state index in [1.54, 1.807) is 0 Å². The first-order valence-corrected chi connectivity index (χ1v) is 0.494. The molecule has 24 valence electrons. The molecule has 0 aromatic carbocycles. The molecule has 2 radical (unpaired) electrons. The summed E-state index contributed by atoms with van der Waals surface area (Å²) in [6, 6.07) is 0. The molecule has 3 heteroatoms. The Morgan fingerprint density at radius 3 is 1.75 bits per heavy atom. The second kappa shape index (κ2) is 10.0. The molecule has 0 spiro atoms. The minimum absolute atomic E-state index is 0. The molecule has 0 amide bonds. The van der Waals surface area contributed by atoms with Gasteiger partial charge in [-0.15, -0.1) is 0 Å². The van der Waals surface area contributed by atoms with Gasteiger partial charge in [0, 0.05) is 0 Å². The van der Waals surface area contributed by atoms with Gasteiger partial charge in [0.1, 0.15) is 0 Å². The van der Waals surface area contributed by atoms with E-state index in [-0.39, 0.29) is 33.8 Å². The maximum absolute atomic E-state index is 8.36. The van der Waals surface area contributed by atoms with Crippen molar-refractivity contribution >= 4 is 33.8 Å². The summed E-state index contributed by atoms with van der Waals surface area (Å²) in [4.78, 5) is 8.36. The molecule has 0 aromatic rings. The average molecular weight is 255 g/mol. The molecule has 0 saturated carbocycles. The predicted octanol–water partition coefficient (Wildman–Crippen LogP) is -1.22. The van der Waals surface area contributed by atoms with Gasteiger partial charge in [0.05, 0.1) is 0 Å². The molecule has 0 aromatic heterocycles. The van der Waals surface area contributed by atoms with Gasteiger partial charge in [-0.3, -0.25) is 4.79 Å². The van der Waals surface area contributed by atoms with E-state index in [0.717, 1.165) is 0 Å². The molecule has 0 aliphatic carbocycles. The summed E-state index contributed by atoms with van der Waals surface area (Å²) in [5.41, 5.74) is 0. The summed E-state index contributed by atoms with van der Waals surface area (Å²) in [5.74, 6) is 0. The molecule has 0 fully saturated rings. The summed E-state index contributed by atoms with van der Waals surface area (Å²) in [6.07, 6.45) is 0. The normalized spacial score (nSPS) is 3.00. The van der Waals surface area contributed by atoms with Gasteiger partial charge in [0.2, 0.25) is 0 Å². The fraction of sp³-hybridized carbons (Fsp3) is 0. The molecule has 0 saturated heterocycles. The van der Waals surface area contributed by atoms with Crippen molar-refractivity contribution in [1.29, 1.82) is 0 Å². The van der Waals surface area contributed by atoms with Crippen LogP contribution in [-0.2, 0) is 4.79 Å². The zero-order valence-corrected chi connectivity index (χ0v) is 7.64. The monoisotopic (exact) mass is 256 g/mol. The zero-order chi connectivity index (χ0) is 2.71. The van der Waals surface area contributed by atoms with Crippen LogP contribution in [0.25, 0.3) is 0 Å². The summed E-state index contributed by atoms with van der Waals surface area (Å²) >= 11 is 0. The van der Waals surface area contributed by atoms with E-state index in [1.165, 1.54) is 0 Å². The van der Waals surface area contributed by atoms with Gasteiger partial charge in [0.25, 0.3) is 6.47 Å². The van der Waals surface area contributed by atoms with Crippen LogP contribution in [0.1, 0.15) is 0 Å². The molecule has 0 rings (SSSR count). The topological polar surface area (TPSA) is 37.3 Å². The van der Waals surface area contributed by atoms with Crippen molar-refractivity contribution in [2.24, 2.45) is 0 Å². The first-order valence-electron chi connectivity index (χ1n) is 0.494. The third kappa shape index (κ3) is 30.2. The first kappa shape index (κ1) is 8.83. The van der Waals surface area contributed by atoms with Crippen molar-refractivity contribution in [3.63, 3.8) is 0 Å². The van der Waals surface area contributed by atoms with E-state index in [0.29, 0.717) is 0 Å². The van der Waals surface area contributed by atoms with Gasteiger partial charge < -0.3 is 5.11 Å². The van der Waals surface area contributed by atoms with Crippen LogP contribution in [0, 0.1) is 0 Å². The van der Waals surface area contributed by atoms with Crippen molar-refractivity contribution in [2.45, 2.75) is 0 Å². The van der Waals surface area contributed by atoms with Crippen LogP contribution >= 0.6 is 0 Å². The van der Waals surface area contributed by atoms with Crippen LogP contribution < -0.4 is 0 Å². The first-order chi connectivity index (χ1) is 1.41. The van der Waals surface area contributed by atoms with Crippen LogP contribution in [0.5, 0.6) is 0 Å². The Bertz CT molecular complexity index is 13.5. The van der Waals surface area contributed by atoms with Crippen molar-refractivity contribution in [3.05, 3.63) is 0 Å². The SMILES string of the molecule is O=CO.[PbH2]. The summed E-state index contributed by atoms with van der Waals surface area (Å²) in [6.45, 7) is -0.250. The minimum atomic E-state index is -0.250. The molecule has 1 N–H and O–H groups in total. The number of carboxylic acid groups (broad SMARTS) is 1. The molecule has 0 unspecified atom stereocenters. The summed E-state index contributed by atoms with van der Waals surface area (Å²) < 4.78 is 0. The van der Waals surface area contributed by atoms with E-state index >= 15 is 0 Å². The Balaban J connectivity index is 0. The Morgan fingerprint density at radius 1 is 1.75 bits per heavy atom. The van der Waals surface area contributed by atoms with Crippen molar-refractivity contribution in [1.82, 2.24) is 0 Å². The second-order valence-corrected chi connectivity index (χ2v) is 0.105. The van der Waals surface area contributed by atoms with E-state index in [4.69, 9.17) is 9.90 Å². The second-order valence-electron chi connectivity index (χ2n) is 0.105. The van der Waals surface area contributed by atoms with Gasteiger partial charge in [-0.1, -0.05) is 0 Å². The fourth-order valence-electron chi connectivity index (χ4n) is 0. The van der Waals surface area contributed by atoms with E-state index in [2.05, 4.69) is 0 Å². The molecule has 0 atom stereocenters. The maximum atomic E-state index is 8.36. The van der Waals surface area contributed by atoms with E-state index in [9.17, 15) is 0 Å². The average Bonchev–Trinajstić information content (AvgIpc) is 0.918. The fourth-order valence-corrected chi connectivity index (χ4v) is 0. The van der Waals surface area contributed by atoms with Crippen LogP contribution in [0.15, 0.2) is 0 Å². The van der Waals surface area contributed by atoms with Crippen LogP contribution in [0.3, 0.4) is 0 Å². The Kier molecular flexibility index (Phi) is 22.1. The predicted molar refractivity (Wildman–Crippen MR) is 17.2 cm³/mol. The Morgan fingerprint density at radius 2 is 1.75 bits per heavy atom. The Hall–Kier alpha value is 0.392. The van der Waals surface area contributed by atoms with Gasteiger partial charge in [-0.25, -0.2) is 0 Å². The van der Waals surface area contributed by atoms with Crippen molar-refractivity contribution in [2.75, 3.05) is 0 Å². The van der Waals surface area contributed by atoms with Gasteiger partial charge in [-0.05, 0) is 0 Å². The van der Waals surface area contributed by atoms with Crippen LogP contribution in [0.2, 0.25) is 0 Å². The number of hydrogen-bond donors (Lipinski definition) is 1. The molecule has 0 aliphatic rings. The van der Waals surface area contributed by atoms with Crippen LogP contribution in [0.4, 0.5) is 0 Å². The van der Waals surface area contributed by atoms with Crippen molar-refractivity contribution < 1.29 is 9.90 Å².